The number of aryl methyl sites for hydroxylation is 1. The molecule has 27 heavy (non-hydrogen) atoms. The molecule has 5 nitrogen and oxygen atoms in total. The lowest BCUT2D eigenvalue weighted by Gasteiger charge is -2.27. The average Bonchev–Trinajstić information content (AvgIpc) is 2.68. The van der Waals surface area contributed by atoms with E-state index in [1.807, 2.05) is 24.3 Å². The number of esters is 1. The fourth-order valence-electron chi connectivity index (χ4n) is 3.40. The van der Waals surface area contributed by atoms with Gasteiger partial charge in [-0.15, -0.1) is 0 Å². The zero-order valence-electron chi connectivity index (χ0n) is 15.7. The van der Waals surface area contributed by atoms with Crippen LogP contribution in [0.5, 0.6) is 5.75 Å². The van der Waals surface area contributed by atoms with Gasteiger partial charge in [-0.2, -0.15) is 0 Å². The molecule has 0 unspecified atom stereocenters. The first-order chi connectivity index (χ1) is 13.1. The lowest BCUT2D eigenvalue weighted by Crippen LogP contribution is -2.39. The molecule has 1 aliphatic rings. The van der Waals surface area contributed by atoms with E-state index < -0.39 is 12.1 Å². The van der Waals surface area contributed by atoms with Crippen molar-refractivity contribution in [2.45, 2.75) is 44.8 Å². The van der Waals surface area contributed by atoms with Crippen LogP contribution in [-0.2, 0) is 27.2 Å². The maximum absolute atomic E-state index is 12.5. The van der Waals surface area contributed by atoms with Crippen LogP contribution in [0.4, 0.5) is 0 Å². The molecule has 1 N–H and O–H groups in total. The Hall–Kier alpha value is -2.82. The van der Waals surface area contributed by atoms with Crippen molar-refractivity contribution in [1.82, 2.24) is 5.32 Å². The SMILES string of the molecule is COc1ccc(CC(=O)O[C@H](C)C(=O)N[C@H]2CCCc3ccccc32)cc1. The summed E-state index contributed by atoms with van der Waals surface area (Å²) >= 11 is 0. The Labute approximate surface area is 159 Å². The zero-order chi connectivity index (χ0) is 19.2. The molecule has 3 rings (SSSR count). The van der Waals surface area contributed by atoms with E-state index in [0.29, 0.717) is 0 Å². The van der Waals surface area contributed by atoms with Gasteiger partial charge < -0.3 is 14.8 Å². The number of hydrogen-bond acceptors (Lipinski definition) is 4. The number of methoxy groups -OCH3 is 1. The second-order valence-electron chi connectivity index (χ2n) is 6.81. The topological polar surface area (TPSA) is 64.6 Å². The van der Waals surface area contributed by atoms with Gasteiger partial charge in [-0.3, -0.25) is 9.59 Å². The van der Waals surface area contributed by atoms with Gasteiger partial charge in [-0.1, -0.05) is 36.4 Å². The van der Waals surface area contributed by atoms with Crippen LogP contribution in [0.2, 0.25) is 0 Å². The quantitative estimate of drug-likeness (QED) is 0.795. The number of benzene rings is 2. The Kier molecular flexibility index (Phi) is 6.12. The van der Waals surface area contributed by atoms with Crippen LogP contribution in [0.15, 0.2) is 48.5 Å². The summed E-state index contributed by atoms with van der Waals surface area (Å²) in [4.78, 5) is 24.6. The third kappa shape index (κ3) is 4.88. The van der Waals surface area contributed by atoms with Gasteiger partial charge >= 0.3 is 5.97 Å². The number of carbonyl (C=O) groups is 2. The molecule has 2 atom stereocenters. The highest BCUT2D eigenvalue weighted by Gasteiger charge is 2.25. The summed E-state index contributed by atoms with van der Waals surface area (Å²) in [6.45, 7) is 1.61. The molecule has 0 radical (unpaired) electrons. The number of hydrogen-bond donors (Lipinski definition) is 1. The van der Waals surface area contributed by atoms with Crippen LogP contribution in [0.25, 0.3) is 0 Å². The van der Waals surface area contributed by atoms with Crippen molar-refractivity contribution in [3.8, 4) is 5.75 Å². The molecule has 0 aliphatic heterocycles. The van der Waals surface area contributed by atoms with E-state index in [4.69, 9.17) is 9.47 Å². The summed E-state index contributed by atoms with van der Waals surface area (Å²) < 4.78 is 10.4. The van der Waals surface area contributed by atoms with Gasteiger partial charge in [0.25, 0.3) is 5.91 Å². The monoisotopic (exact) mass is 367 g/mol. The molecule has 0 fully saturated rings. The van der Waals surface area contributed by atoms with Gasteiger partial charge in [0.15, 0.2) is 6.10 Å². The summed E-state index contributed by atoms with van der Waals surface area (Å²) in [6.07, 6.45) is 2.26. The van der Waals surface area contributed by atoms with E-state index in [1.165, 1.54) is 5.56 Å². The Morgan fingerprint density at radius 3 is 2.63 bits per heavy atom. The number of rotatable bonds is 6. The van der Waals surface area contributed by atoms with Crippen LogP contribution in [0, 0.1) is 0 Å². The molecule has 1 amide bonds. The van der Waals surface area contributed by atoms with E-state index in [9.17, 15) is 9.59 Å². The first-order valence-corrected chi connectivity index (χ1v) is 9.27. The zero-order valence-corrected chi connectivity index (χ0v) is 15.7. The third-order valence-corrected chi connectivity index (χ3v) is 4.87. The normalized spacial score (nSPS) is 16.7. The van der Waals surface area contributed by atoms with E-state index in [0.717, 1.165) is 36.1 Å². The predicted octanol–water partition coefficient (Wildman–Crippen LogP) is 3.36. The number of nitrogens with one attached hydrogen (secondary N) is 1. The summed E-state index contributed by atoms with van der Waals surface area (Å²) in [5, 5.41) is 3.03. The molecule has 0 aromatic heterocycles. The molecule has 0 spiro atoms. The first kappa shape index (κ1) is 19.0. The molecule has 0 saturated carbocycles. The second-order valence-corrected chi connectivity index (χ2v) is 6.81. The smallest absolute Gasteiger partial charge is 0.311 e. The highest BCUT2D eigenvalue weighted by atomic mass is 16.5. The van der Waals surface area contributed by atoms with E-state index in [-0.39, 0.29) is 18.4 Å². The Morgan fingerprint density at radius 1 is 1.15 bits per heavy atom. The van der Waals surface area contributed by atoms with Crippen molar-refractivity contribution in [2.24, 2.45) is 0 Å². The largest absolute Gasteiger partial charge is 0.497 e. The molecule has 0 bridgehead atoms. The highest BCUT2D eigenvalue weighted by molar-refractivity contribution is 5.84. The molecular formula is C22H25NO4. The summed E-state index contributed by atoms with van der Waals surface area (Å²) in [7, 11) is 1.59. The van der Waals surface area contributed by atoms with Gasteiger partial charge in [0.1, 0.15) is 5.75 Å². The summed E-state index contributed by atoms with van der Waals surface area (Å²) in [5.41, 5.74) is 3.25. The molecule has 0 saturated heterocycles. The van der Waals surface area contributed by atoms with Gasteiger partial charge in [-0.05, 0) is 55.0 Å². The fraction of sp³-hybridized carbons (Fsp3) is 0.364. The van der Waals surface area contributed by atoms with Crippen molar-refractivity contribution in [1.29, 1.82) is 0 Å². The summed E-state index contributed by atoms with van der Waals surface area (Å²) in [5.74, 6) is 0.0410. The molecule has 2 aromatic carbocycles. The van der Waals surface area contributed by atoms with Gasteiger partial charge in [-0.25, -0.2) is 0 Å². The number of ether oxygens (including phenoxy) is 2. The lowest BCUT2D eigenvalue weighted by atomic mass is 9.87. The van der Waals surface area contributed by atoms with Crippen molar-refractivity contribution in [2.75, 3.05) is 7.11 Å². The van der Waals surface area contributed by atoms with Crippen molar-refractivity contribution in [3.63, 3.8) is 0 Å². The third-order valence-electron chi connectivity index (χ3n) is 4.87. The molecular weight excluding hydrogens is 342 g/mol. The molecule has 1 aliphatic carbocycles. The maximum atomic E-state index is 12.5. The minimum absolute atomic E-state index is 0.0230. The highest BCUT2D eigenvalue weighted by Crippen LogP contribution is 2.29. The van der Waals surface area contributed by atoms with E-state index >= 15 is 0 Å². The van der Waals surface area contributed by atoms with Crippen LogP contribution in [0.3, 0.4) is 0 Å². The number of carbonyl (C=O) groups excluding carboxylic acids is 2. The first-order valence-electron chi connectivity index (χ1n) is 9.27. The Balaban J connectivity index is 1.54. The average molecular weight is 367 g/mol. The van der Waals surface area contributed by atoms with Crippen molar-refractivity contribution < 1.29 is 19.1 Å². The van der Waals surface area contributed by atoms with E-state index in [2.05, 4.69) is 17.4 Å². The maximum Gasteiger partial charge on any atom is 0.311 e. The second kappa shape index (κ2) is 8.71. The van der Waals surface area contributed by atoms with Crippen molar-refractivity contribution >= 4 is 11.9 Å². The predicted molar refractivity (Wildman–Crippen MR) is 103 cm³/mol. The molecule has 2 aromatic rings. The van der Waals surface area contributed by atoms with Gasteiger partial charge in [0.05, 0.1) is 19.6 Å². The molecule has 5 heteroatoms. The van der Waals surface area contributed by atoms with Crippen LogP contribution in [0.1, 0.15) is 42.5 Å². The minimum Gasteiger partial charge on any atom is -0.497 e. The van der Waals surface area contributed by atoms with Crippen molar-refractivity contribution in [3.05, 3.63) is 65.2 Å². The Bertz CT molecular complexity index is 800. The number of fused-ring (bicyclic) bond motifs is 1. The number of amides is 1. The van der Waals surface area contributed by atoms with Gasteiger partial charge in [0, 0.05) is 0 Å². The summed E-state index contributed by atoms with van der Waals surface area (Å²) in [6, 6.07) is 15.3. The minimum atomic E-state index is -0.829. The van der Waals surface area contributed by atoms with Gasteiger partial charge in [0.2, 0.25) is 0 Å². The molecule has 142 valence electrons. The Morgan fingerprint density at radius 2 is 1.89 bits per heavy atom. The lowest BCUT2D eigenvalue weighted by molar-refractivity contribution is -0.154. The molecule has 0 heterocycles. The standard InChI is InChI=1S/C22H25NO4/c1-15(27-21(24)14-16-10-12-18(26-2)13-11-16)22(25)23-20-9-5-7-17-6-3-4-8-19(17)20/h3-4,6,8,10-13,15,20H,5,7,9,14H2,1-2H3,(H,23,25)/t15-,20+/m1/s1. The van der Waals surface area contributed by atoms with Crippen LogP contribution in [-0.4, -0.2) is 25.1 Å². The van der Waals surface area contributed by atoms with Crippen LogP contribution < -0.4 is 10.1 Å². The van der Waals surface area contributed by atoms with E-state index in [1.54, 1.807) is 26.2 Å². The fourth-order valence-corrected chi connectivity index (χ4v) is 3.40. The van der Waals surface area contributed by atoms with Crippen LogP contribution >= 0.6 is 0 Å².